The van der Waals surface area contributed by atoms with E-state index in [9.17, 15) is 13.2 Å². The highest BCUT2D eigenvalue weighted by Gasteiger charge is 2.50. The summed E-state index contributed by atoms with van der Waals surface area (Å²) in [5.74, 6) is 2.64. The van der Waals surface area contributed by atoms with Crippen molar-refractivity contribution in [3.05, 3.63) is 35.4 Å². The number of amides is 1. The van der Waals surface area contributed by atoms with Crippen molar-refractivity contribution >= 4 is 16.0 Å². The van der Waals surface area contributed by atoms with Crippen molar-refractivity contribution in [3.8, 4) is 0 Å². The molecule has 1 aromatic rings. The van der Waals surface area contributed by atoms with Crippen molar-refractivity contribution in [2.45, 2.75) is 51.4 Å². The Morgan fingerprint density at radius 2 is 1.71 bits per heavy atom. The van der Waals surface area contributed by atoms with E-state index in [4.69, 9.17) is 4.18 Å². The van der Waals surface area contributed by atoms with Crippen molar-refractivity contribution in [1.29, 1.82) is 0 Å². The van der Waals surface area contributed by atoms with Gasteiger partial charge in [0.2, 0.25) is 0 Å². The SMILES string of the molecule is CS(=O)(=O)OCCCc1ccccc1C(=O)NCC12CC3CC(CC(C3)C1)C2. The lowest BCUT2D eigenvalue weighted by Crippen LogP contribution is -2.51. The molecule has 0 spiro atoms. The number of rotatable bonds is 8. The van der Waals surface area contributed by atoms with Crippen LogP contribution in [0.2, 0.25) is 0 Å². The van der Waals surface area contributed by atoms with E-state index >= 15 is 0 Å². The third-order valence-corrected chi connectivity index (χ3v) is 7.53. The van der Waals surface area contributed by atoms with Gasteiger partial charge in [0.05, 0.1) is 12.9 Å². The van der Waals surface area contributed by atoms with E-state index in [0.29, 0.717) is 23.8 Å². The number of hydrogen-bond donors (Lipinski definition) is 1. The van der Waals surface area contributed by atoms with E-state index in [1.54, 1.807) is 0 Å². The molecule has 6 heteroatoms. The summed E-state index contributed by atoms with van der Waals surface area (Å²) in [5.41, 5.74) is 1.97. The Balaban J connectivity index is 1.35. The fourth-order valence-corrected chi connectivity index (χ4v) is 6.72. The van der Waals surface area contributed by atoms with Gasteiger partial charge >= 0.3 is 0 Å². The minimum Gasteiger partial charge on any atom is -0.351 e. The van der Waals surface area contributed by atoms with E-state index in [0.717, 1.165) is 36.1 Å². The Morgan fingerprint density at radius 1 is 1.11 bits per heavy atom. The first-order chi connectivity index (χ1) is 13.3. The van der Waals surface area contributed by atoms with Crippen LogP contribution in [-0.4, -0.2) is 33.7 Å². The third-order valence-electron chi connectivity index (χ3n) is 6.94. The van der Waals surface area contributed by atoms with Crippen molar-refractivity contribution in [2.24, 2.45) is 23.2 Å². The second-order valence-corrected chi connectivity index (χ2v) is 11.0. The van der Waals surface area contributed by atoms with Crippen LogP contribution in [0.5, 0.6) is 0 Å². The minimum absolute atomic E-state index is 0.00428. The van der Waals surface area contributed by atoms with Crippen LogP contribution in [0.4, 0.5) is 0 Å². The van der Waals surface area contributed by atoms with Gasteiger partial charge in [0.15, 0.2) is 0 Å². The maximum atomic E-state index is 12.9. The van der Waals surface area contributed by atoms with Gasteiger partial charge < -0.3 is 5.32 Å². The first kappa shape index (κ1) is 19.9. The molecule has 0 aliphatic heterocycles. The van der Waals surface area contributed by atoms with Crippen molar-refractivity contribution in [2.75, 3.05) is 19.4 Å². The molecule has 4 aliphatic carbocycles. The number of nitrogens with one attached hydrogen (secondary N) is 1. The van der Waals surface area contributed by atoms with Crippen molar-refractivity contribution < 1.29 is 17.4 Å². The highest BCUT2D eigenvalue weighted by atomic mass is 32.2. The molecule has 0 radical (unpaired) electrons. The number of benzene rings is 1. The minimum atomic E-state index is -3.42. The maximum Gasteiger partial charge on any atom is 0.264 e. The molecular formula is C22H31NO4S. The van der Waals surface area contributed by atoms with Crippen molar-refractivity contribution in [3.63, 3.8) is 0 Å². The first-order valence-electron chi connectivity index (χ1n) is 10.5. The van der Waals surface area contributed by atoms with Crippen LogP contribution in [0.15, 0.2) is 24.3 Å². The monoisotopic (exact) mass is 405 g/mol. The molecule has 4 saturated carbocycles. The molecule has 4 fully saturated rings. The van der Waals surface area contributed by atoms with Gasteiger partial charge in [-0.1, -0.05) is 18.2 Å². The Kier molecular flexibility index (Phi) is 5.53. The summed E-state index contributed by atoms with van der Waals surface area (Å²) in [6.07, 6.45) is 10.3. The number of hydrogen-bond acceptors (Lipinski definition) is 4. The van der Waals surface area contributed by atoms with Gasteiger partial charge in [-0.15, -0.1) is 0 Å². The van der Waals surface area contributed by atoms with E-state index in [2.05, 4.69) is 5.32 Å². The zero-order chi connectivity index (χ0) is 19.8. The van der Waals surface area contributed by atoms with Crippen LogP contribution in [-0.2, 0) is 20.7 Å². The molecule has 5 nitrogen and oxygen atoms in total. The Morgan fingerprint density at radius 3 is 2.32 bits per heavy atom. The fraction of sp³-hybridized carbons (Fsp3) is 0.682. The maximum absolute atomic E-state index is 12.9. The molecule has 0 heterocycles. The lowest BCUT2D eigenvalue weighted by atomic mass is 9.49. The molecule has 0 aromatic heterocycles. The van der Waals surface area contributed by atoms with E-state index < -0.39 is 10.1 Å². The summed E-state index contributed by atoms with van der Waals surface area (Å²) in [4.78, 5) is 12.9. The standard InChI is InChI=1S/C22H31NO4S/c1-28(25,26)27-8-4-6-19-5-2-3-7-20(19)21(24)23-15-22-12-16-9-17(13-22)11-18(10-16)14-22/h2-3,5,7,16-18H,4,6,8-15H2,1H3,(H,23,24). The van der Waals surface area contributed by atoms with Gasteiger partial charge in [0.25, 0.3) is 16.0 Å². The van der Waals surface area contributed by atoms with Crippen LogP contribution in [0, 0.1) is 23.2 Å². The lowest BCUT2D eigenvalue weighted by molar-refractivity contribution is -0.0503. The summed E-state index contributed by atoms with van der Waals surface area (Å²) in [6.45, 7) is 0.933. The van der Waals surface area contributed by atoms with Gasteiger partial charge in [-0.2, -0.15) is 8.42 Å². The predicted octanol–water partition coefficient (Wildman–Crippen LogP) is 3.54. The van der Waals surface area contributed by atoms with Gasteiger partial charge in [-0.3, -0.25) is 8.98 Å². The van der Waals surface area contributed by atoms with Crippen LogP contribution in [0.1, 0.15) is 60.9 Å². The Bertz CT molecular complexity index is 797. The average Bonchev–Trinajstić information content (AvgIpc) is 2.62. The molecule has 1 amide bonds. The normalized spacial score (nSPS) is 31.1. The van der Waals surface area contributed by atoms with Gasteiger partial charge in [-0.25, -0.2) is 0 Å². The molecular weight excluding hydrogens is 374 g/mol. The van der Waals surface area contributed by atoms with E-state index in [-0.39, 0.29) is 12.5 Å². The van der Waals surface area contributed by atoms with E-state index in [1.165, 1.54) is 38.5 Å². The molecule has 154 valence electrons. The highest BCUT2D eigenvalue weighted by Crippen LogP contribution is 2.59. The molecule has 0 atom stereocenters. The summed E-state index contributed by atoms with van der Waals surface area (Å²) in [5, 5.41) is 3.24. The molecule has 4 aliphatic rings. The smallest absolute Gasteiger partial charge is 0.264 e. The zero-order valence-corrected chi connectivity index (χ0v) is 17.5. The van der Waals surface area contributed by atoms with Crippen molar-refractivity contribution in [1.82, 2.24) is 5.32 Å². The van der Waals surface area contributed by atoms with Crippen LogP contribution in [0.3, 0.4) is 0 Å². The largest absolute Gasteiger partial charge is 0.351 e. The zero-order valence-electron chi connectivity index (χ0n) is 16.7. The fourth-order valence-electron chi connectivity index (χ4n) is 6.30. The molecule has 1 N–H and O–H groups in total. The number of carbonyl (C=O) groups excluding carboxylic acids is 1. The van der Waals surface area contributed by atoms with Gasteiger partial charge in [-0.05, 0) is 86.2 Å². The third kappa shape index (κ3) is 4.60. The topological polar surface area (TPSA) is 72.5 Å². The molecule has 1 aromatic carbocycles. The van der Waals surface area contributed by atoms with Crippen LogP contribution < -0.4 is 5.32 Å². The van der Waals surface area contributed by atoms with Crippen LogP contribution >= 0.6 is 0 Å². The number of aryl methyl sites for hydroxylation is 1. The molecule has 0 saturated heterocycles. The van der Waals surface area contributed by atoms with Crippen LogP contribution in [0.25, 0.3) is 0 Å². The Hall–Kier alpha value is -1.40. The number of carbonyl (C=O) groups is 1. The second-order valence-electron chi connectivity index (χ2n) is 9.39. The summed E-state index contributed by atoms with van der Waals surface area (Å²) in [7, 11) is -3.42. The quantitative estimate of drug-likeness (QED) is 0.530. The predicted molar refractivity (Wildman–Crippen MR) is 108 cm³/mol. The molecule has 28 heavy (non-hydrogen) atoms. The molecule has 5 rings (SSSR count). The average molecular weight is 406 g/mol. The highest BCUT2D eigenvalue weighted by molar-refractivity contribution is 7.85. The van der Waals surface area contributed by atoms with E-state index in [1.807, 2.05) is 24.3 Å². The Labute approximate surface area is 168 Å². The van der Waals surface area contributed by atoms with Gasteiger partial charge in [0, 0.05) is 12.1 Å². The summed E-state index contributed by atoms with van der Waals surface area (Å²) in [6, 6.07) is 7.61. The van der Waals surface area contributed by atoms with Gasteiger partial charge in [0.1, 0.15) is 0 Å². The molecule has 0 unspecified atom stereocenters. The molecule has 4 bridgehead atoms. The lowest BCUT2D eigenvalue weighted by Gasteiger charge is -2.56. The second kappa shape index (κ2) is 7.79. The first-order valence-corrected chi connectivity index (χ1v) is 12.3. The summed E-state index contributed by atoms with van der Waals surface area (Å²) >= 11 is 0. The summed E-state index contributed by atoms with van der Waals surface area (Å²) < 4.78 is 27.0.